The molecule has 0 aliphatic carbocycles. The molecule has 1 fully saturated rings. The van der Waals surface area contributed by atoms with Crippen molar-refractivity contribution < 1.29 is 19.2 Å². The highest BCUT2D eigenvalue weighted by Gasteiger charge is 2.32. The van der Waals surface area contributed by atoms with Crippen LogP contribution in [0, 0.1) is 10.1 Å². The number of nitrogens with zero attached hydrogens (tertiary/aromatic N) is 2. The van der Waals surface area contributed by atoms with Gasteiger partial charge in [-0.1, -0.05) is 6.07 Å². The Morgan fingerprint density at radius 3 is 2.69 bits per heavy atom. The molecule has 8 heteroatoms. The highest BCUT2D eigenvalue weighted by molar-refractivity contribution is 5.96. The zero-order valence-electron chi connectivity index (χ0n) is 16.2. The first-order valence-electron chi connectivity index (χ1n) is 9.75. The summed E-state index contributed by atoms with van der Waals surface area (Å²) in [7, 11) is 1.62. The Morgan fingerprint density at radius 1 is 1.14 bits per heavy atom. The fourth-order valence-electron chi connectivity index (χ4n) is 3.94. The van der Waals surface area contributed by atoms with Crippen LogP contribution in [0.5, 0.6) is 11.5 Å². The molecule has 0 bridgehead atoms. The average molecular weight is 397 g/mol. The minimum absolute atomic E-state index is 0.0947. The van der Waals surface area contributed by atoms with E-state index in [1.165, 1.54) is 6.07 Å². The van der Waals surface area contributed by atoms with Crippen LogP contribution in [-0.2, 0) is 0 Å². The number of ether oxygens (including phenoxy) is 2. The molecule has 1 atom stereocenters. The van der Waals surface area contributed by atoms with Gasteiger partial charge in [0, 0.05) is 31.6 Å². The highest BCUT2D eigenvalue weighted by Crippen LogP contribution is 2.39. The zero-order chi connectivity index (χ0) is 20.4. The molecular formula is C21H23N3O5. The molecule has 2 aromatic carbocycles. The van der Waals surface area contributed by atoms with Crippen molar-refractivity contribution in [2.24, 2.45) is 0 Å². The van der Waals surface area contributed by atoms with Gasteiger partial charge in [0.25, 0.3) is 11.6 Å². The molecule has 1 amide bonds. The summed E-state index contributed by atoms with van der Waals surface area (Å²) in [5, 5.41) is 14.1. The van der Waals surface area contributed by atoms with Crippen LogP contribution in [0.15, 0.2) is 36.4 Å². The zero-order valence-corrected chi connectivity index (χ0v) is 16.2. The average Bonchev–Trinajstić information content (AvgIpc) is 3.11. The first-order chi connectivity index (χ1) is 14.1. The van der Waals surface area contributed by atoms with E-state index < -0.39 is 4.92 Å². The van der Waals surface area contributed by atoms with Crippen LogP contribution in [0.1, 0.15) is 41.2 Å². The van der Waals surface area contributed by atoms with Crippen molar-refractivity contribution >= 4 is 17.3 Å². The number of rotatable bonds is 4. The van der Waals surface area contributed by atoms with Crippen LogP contribution in [0.3, 0.4) is 0 Å². The van der Waals surface area contributed by atoms with E-state index in [0.29, 0.717) is 36.8 Å². The number of hydrogen-bond acceptors (Lipinski definition) is 6. The Kier molecular flexibility index (Phi) is 5.24. The minimum Gasteiger partial charge on any atom is -0.490 e. The van der Waals surface area contributed by atoms with Crippen LogP contribution in [0.4, 0.5) is 11.4 Å². The maximum Gasteiger partial charge on any atom is 0.293 e. The summed E-state index contributed by atoms with van der Waals surface area (Å²) in [5.74, 6) is 1.22. The van der Waals surface area contributed by atoms with Gasteiger partial charge in [0.05, 0.1) is 24.2 Å². The minimum atomic E-state index is -0.478. The third kappa shape index (κ3) is 3.70. The molecule has 2 aromatic rings. The number of fused-ring (bicyclic) bond motifs is 1. The number of benzene rings is 2. The Bertz CT molecular complexity index is 946. The second-order valence-electron chi connectivity index (χ2n) is 7.15. The molecular weight excluding hydrogens is 374 g/mol. The SMILES string of the molecule is CNc1ccc(C(=O)N2CCC[C@@H]2c2ccc3c(c2)OCCCO3)cc1[N+](=O)[O-]. The molecule has 8 nitrogen and oxygen atoms in total. The normalized spacial score (nSPS) is 18.2. The molecule has 0 spiro atoms. The van der Waals surface area contributed by atoms with E-state index in [-0.39, 0.29) is 17.6 Å². The Labute approximate surface area is 168 Å². The standard InChI is InChI=1S/C21H23N3O5/c1-22-16-7-5-15(12-18(16)24(26)27)21(25)23-9-2-4-17(23)14-6-8-19-20(13-14)29-11-3-10-28-19/h5-8,12-13,17,22H,2-4,9-11H2,1H3/t17-/m1/s1. The lowest BCUT2D eigenvalue weighted by atomic mass is 10.0. The van der Waals surface area contributed by atoms with Crippen molar-refractivity contribution in [3.05, 3.63) is 57.6 Å². The van der Waals surface area contributed by atoms with E-state index in [1.807, 2.05) is 18.2 Å². The number of nitro groups is 1. The van der Waals surface area contributed by atoms with Gasteiger partial charge in [0.1, 0.15) is 5.69 Å². The van der Waals surface area contributed by atoms with Crippen molar-refractivity contribution in [3.63, 3.8) is 0 Å². The van der Waals surface area contributed by atoms with E-state index >= 15 is 0 Å². The first-order valence-corrected chi connectivity index (χ1v) is 9.75. The lowest BCUT2D eigenvalue weighted by molar-refractivity contribution is -0.384. The van der Waals surface area contributed by atoms with E-state index in [0.717, 1.165) is 30.6 Å². The number of amides is 1. The Hall–Kier alpha value is -3.29. The highest BCUT2D eigenvalue weighted by atomic mass is 16.6. The van der Waals surface area contributed by atoms with Crippen molar-refractivity contribution in [1.29, 1.82) is 0 Å². The fourth-order valence-corrected chi connectivity index (χ4v) is 3.94. The summed E-state index contributed by atoms with van der Waals surface area (Å²) in [6.07, 6.45) is 2.54. The summed E-state index contributed by atoms with van der Waals surface area (Å²) in [5.41, 5.74) is 1.58. The van der Waals surface area contributed by atoms with Gasteiger partial charge in [-0.3, -0.25) is 14.9 Å². The van der Waals surface area contributed by atoms with E-state index in [9.17, 15) is 14.9 Å². The van der Waals surface area contributed by atoms with E-state index in [2.05, 4.69) is 5.32 Å². The van der Waals surface area contributed by atoms with Gasteiger partial charge in [-0.25, -0.2) is 0 Å². The van der Waals surface area contributed by atoms with Gasteiger partial charge >= 0.3 is 0 Å². The number of anilines is 1. The van der Waals surface area contributed by atoms with Gasteiger partial charge in [0.2, 0.25) is 0 Å². The van der Waals surface area contributed by atoms with Crippen LogP contribution in [-0.4, -0.2) is 42.5 Å². The van der Waals surface area contributed by atoms with Gasteiger partial charge in [-0.05, 0) is 42.7 Å². The molecule has 2 heterocycles. The molecule has 0 saturated carbocycles. The molecule has 4 rings (SSSR count). The predicted octanol–water partition coefficient (Wildman–Crippen LogP) is 3.78. The summed E-state index contributed by atoms with van der Waals surface area (Å²) in [6, 6.07) is 10.3. The lowest BCUT2D eigenvalue weighted by Crippen LogP contribution is -2.30. The van der Waals surface area contributed by atoms with Crippen molar-refractivity contribution in [3.8, 4) is 11.5 Å². The molecule has 1 saturated heterocycles. The molecule has 0 radical (unpaired) electrons. The number of nitro benzene ring substituents is 1. The Morgan fingerprint density at radius 2 is 1.93 bits per heavy atom. The number of carbonyl (C=O) groups excluding carboxylic acids is 1. The number of carbonyl (C=O) groups is 1. The van der Waals surface area contributed by atoms with Crippen molar-refractivity contribution in [2.45, 2.75) is 25.3 Å². The molecule has 0 aromatic heterocycles. The largest absolute Gasteiger partial charge is 0.490 e. The molecule has 0 unspecified atom stereocenters. The summed E-state index contributed by atoms with van der Waals surface area (Å²) in [4.78, 5) is 25.8. The molecule has 1 N–H and O–H groups in total. The number of nitrogens with one attached hydrogen (secondary N) is 1. The number of hydrogen-bond donors (Lipinski definition) is 1. The third-order valence-electron chi connectivity index (χ3n) is 5.38. The molecule has 29 heavy (non-hydrogen) atoms. The van der Waals surface area contributed by atoms with Crippen LogP contribution < -0.4 is 14.8 Å². The summed E-state index contributed by atoms with van der Waals surface area (Å²) in [6.45, 7) is 1.84. The van der Waals surface area contributed by atoms with Crippen molar-refractivity contribution in [2.75, 3.05) is 32.1 Å². The maximum atomic E-state index is 13.2. The lowest BCUT2D eigenvalue weighted by Gasteiger charge is -2.26. The molecule has 2 aliphatic rings. The fraction of sp³-hybridized carbons (Fsp3) is 0.381. The summed E-state index contributed by atoms with van der Waals surface area (Å²) < 4.78 is 11.5. The van der Waals surface area contributed by atoms with E-state index in [1.54, 1.807) is 24.1 Å². The monoisotopic (exact) mass is 397 g/mol. The van der Waals surface area contributed by atoms with Crippen molar-refractivity contribution in [1.82, 2.24) is 4.90 Å². The van der Waals surface area contributed by atoms with E-state index in [4.69, 9.17) is 9.47 Å². The second kappa shape index (κ2) is 7.98. The third-order valence-corrected chi connectivity index (χ3v) is 5.38. The van der Waals surface area contributed by atoms with Crippen LogP contribution in [0.2, 0.25) is 0 Å². The number of likely N-dealkylation sites (tertiary alicyclic amines) is 1. The maximum absolute atomic E-state index is 13.2. The molecule has 152 valence electrons. The van der Waals surface area contributed by atoms with Crippen LogP contribution in [0.25, 0.3) is 0 Å². The van der Waals surface area contributed by atoms with Gasteiger partial charge in [0.15, 0.2) is 11.5 Å². The second-order valence-corrected chi connectivity index (χ2v) is 7.15. The molecule has 2 aliphatic heterocycles. The van der Waals surface area contributed by atoms with Gasteiger partial charge in [-0.15, -0.1) is 0 Å². The van der Waals surface area contributed by atoms with Crippen LogP contribution >= 0.6 is 0 Å². The van der Waals surface area contributed by atoms with Gasteiger partial charge < -0.3 is 19.7 Å². The topological polar surface area (TPSA) is 93.9 Å². The summed E-state index contributed by atoms with van der Waals surface area (Å²) >= 11 is 0. The smallest absolute Gasteiger partial charge is 0.293 e. The van der Waals surface area contributed by atoms with Gasteiger partial charge in [-0.2, -0.15) is 0 Å². The Balaban J connectivity index is 1.62. The predicted molar refractivity (Wildman–Crippen MR) is 108 cm³/mol. The first kappa shape index (κ1) is 19.0. The quantitative estimate of drug-likeness (QED) is 0.623.